The van der Waals surface area contributed by atoms with Crippen molar-refractivity contribution in [1.82, 2.24) is 14.7 Å². The number of nitrogens with zero attached hydrogens (tertiary/aromatic N) is 3. The first-order valence-electron chi connectivity index (χ1n) is 5.06. The van der Waals surface area contributed by atoms with Crippen molar-refractivity contribution in [2.24, 2.45) is 0 Å². The van der Waals surface area contributed by atoms with Crippen molar-refractivity contribution < 1.29 is 0 Å². The first kappa shape index (κ1) is 10.4. The number of hydrogen-bond acceptors (Lipinski definition) is 2. The Morgan fingerprint density at radius 2 is 2.07 bits per heavy atom. The number of rotatable bonds is 1. The Hall–Kier alpha value is -0.100. The molecule has 0 atom stereocenters. The van der Waals surface area contributed by atoms with Crippen LogP contribution in [0.5, 0.6) is 0 Å². The number of piperidine rings is 1. The van der Waals surface area contributed by atoms with E-state index in [0.29, 0.717) is 6.04 Å². The maximum Gasteiger partial charge on any atom is 0.102 e. The van der Waals surface area contributed by atoms with Crippen molar-refractivity contribution >= 4 is 22.6 Å². The molecule has 0 aromatic carbocycles. The highest BCUT2D eigenvalue weighted by Crippen LogP contribution is 2.24. The van der Waals surface area contributed by atoms with Crippen LogP contribution in [-0.2, 0) is 0 Å². The molecule has 0 radical (unpaired) electrons. The molecule has 0 bridgehead atoms. The van der Waals surface area contributed by atoms with Crippen LogP contribution in [0.25, 0.3) is 0 Å². The van der Waals surface area contributed by atoms with Crippen LogP contribution in [0.3, 0.4) is 0 Å². The van der Waals surface area contributed by atoms with Crippen molar-refractivity contribution in [2.75, 3.05) is 20.1 Å². The minimum absolute atomic E-state index is 0.617. The number of likely N-dealkylation sites (tertiary alicyclic amines) is 1. The second-order valence-corrected chi connectivity index (χ2v) is 5.12. The smallest absolute Gasteiger partial charge is 0.102 e. The average Bonchev–Trinajstić information content (AvgIpc) is 2.50. The molecule has 1 aliphatic heterocycles. The van der Waals surface area contributed by atoms with Gasteiger partial charge in [-0.25, -0.2) is 0 Å². The van der Waals surface area contributed by atoms with E-state index in [0.717, 1.165) is 0 Å². The Morgan fingerprint density at radius 1 is 1.43 bits per heavy atom. The van der Waals surface area contributed by atoms with Crippen LogP contribution < -0.4 is 0 Å². The molecule has 1 saturated heterocycles. The third-order valence-corrected chi connectivity index (χ3v) is 4.28. The SMILES string of the molecule is Cc1cnn(C2CCN(C)CC2)c1I. The van der Waals surface area contributed by atoms with Gasteiger partial charge in [0.1, 0.15) is 3.70 Å². The average molecular weight is 305 g/mol. The Balaban J connectivity index is 2.12. The van der Waals surface area contributed by atoms with E-state index in [9.17, 15) is 0 Å². The minimum Gasteiger partial charge on any atom is -0.306 e. The Morgan fingerprint density at radius 3 is 2.57 bits per heavy atom. The zero-order valence-corrected chi connectivity index (χ0v) is 10.9. The second-order valence-electron chi connectivity index (χ2n) is 4.10. The van der Waals surface area contributed by atoms with E-state index in [-0.39, 0.29) is 0 Å². The van der Waals surface area contributed by atoms with Crippen LogP contribution in [0, 0.1) is 10.6 Å². The van der Waals surface area contributed by atoms with Crippen molar-refractivity contribution in [2.45, 2.75) is 25.8 Å². The zero-order valence-electron chi connectivity index (χ0n) is 8.70. The van der Waals surface area contributed by atoms with Crippen LogP contribution in [-0.4, -0.2) is 34.8 Å². The lowest BCUT2D eigenvalue weighted by molar-refractivity contribution is 0.210. The molecule has 1 aromatic rings. The van der Waals surface area contributed by atoms with Crippen molar-refractivity contribution in [3.05, 3.63) is 15.5 Å². The van der Waals surface area contributed by atoms with Gasteiger partial charge in [0.15, 0.2) is 0 Å². The van der Waals surface area contributed by atoms with Gasteiger partial charge in [-0.1, -0.05) is 0 Å². The molecule has 0 aliphatic carbocycles. The van der Waals surface area contributed by atoms with Gasteiger partial charge in [0.2, 0.25) is 0 Å². The molecule has 0 unspecified atom stereocenters. The molecule has 14 heavy (non-hydrogen) atoms. The van der Waals surface area contributed by atoms with Gasteiger partial charge < -0.3 is 4.90 Å². The highest BCUT2D eigenvalue weighted by atomic mass is 127. The lowest BCUT2D eigenvalue weighted by Gasteiger charge is -2.29. The summed E-state index contributed by atoms with van der Waals surface area (Å²) in [5.74, 6) is 0. The van der Waals surface area contributed by atoms with E-state index in [1.54, 1.807) is 0 Å². The monoisotopic (exact) mass is 305 g/mol. The fourth-order valence-corrected chi connectivity index (χ4v) is 2.59. The standard InChI is InChI=1S/C10H16IN3/c1-8-7-12-14(10(8)11)9-3-5-13(2)6-4-9/h7,9H,3-6H2,1-2H3. The molecular formula is C10H16IN3. The van der Waals surface area contributed by atoms with Crippen molar-refractivity contribution in [1.29, 1.82) is 0 Å². The molecule has 78 valence electrons. The Kier molecular flexibility index (Phi) is 3.11. The lowest BCUT2D eigenvalue weighted by Crippen LogP contribution is -2.32. The van der Waals surface area contributed by atoms with Crippen LogP contribution in [0.2, 0.25) is 0 Å². The van der Waals surface area contributed by atoms with Gasteiger partial charge in [-0.05, 0) is 62.5 Å². The van der Waals surface area contributed by atoms with E-state index in [2.05, 4.69) is 51.2 Å². The van der Waals surface area contributed by atoms with Gasteiger partial charge in [-0.2, -0.15) is 5.10 Å². The van der Waals surface area contributed by atoms with Crippen LogP contribution >= 0.6 is 22.6 Å². The summed E-state index contributed by atoms with van der Waals surface area (Å²) in [7, 11) is 2.19. The molecule has 3 nitrogen and oxygen atoms in total. The summed E-state index contributed by atoms with van der Waals surface area (Å²) in [5.41, 5.74) is 1.30. The molecule has 0 N–H and O–H groups in total. The molecule has 2 heterocycles. The first-order chi connectivity index (χ1) is 6.68. The number of hydrogen-bond donors (Lipinski definition) is 0. The fourth-order valence-electron chi connectivity index (χ4n) is 1.93. The Bertz CT molecular complexity index is 313. The van der Waals surface area contributed by atoms with E-state index in [1.165, 1.54) is 35.2 Å². The third-order valence-electron chi connectivity index (χ3n) is 2.94. The van der Waals surface area contributed by atoms with E-state index >= 15 is 0 Å². The highest BCUT2D eigenvalue weighted by molar-refractivity contribution is 14.1. The number of aromatic nitrogens is 2. The predicted octanol–water partition coefficient (Wildman–Crippen LogP) is 2.06. The molecule has 0 amide bonds. The summed E-state index contributed by atoms with van der Waals surface area (Å²) >= 11 is 2.39. The Labute approximate surface area is 98.6 Å². The predicted molar refractivity (Wildman–Crippen MR) is 65.4 cm³/mol. The van der Waals surface area contributed by atoms with Gasteiger partial charge in [0.05, 0.1) is 12.2 Å². The summed E-state index contributed by atoms with van der Waals surface area (Å²) in [5, 5.41) is 4.45. The van der Waals surface area contributed by atoms with E-state index in [1.807, 2.05) is 6.20 Å². The van der Waals surface area contributed by atoms with Gasteiger partial charge in [-0.3, -0.25) is 4.68 Å². The number of aryl methyl sites for hydroxylation is 1. The normalized spacial score (nSPS) is 20.2. The van der Waals surface area contributed by atoms with Gasteiger partial charge in [0.25, 0.3) is 0 Å². The van der Waals surface area contributed by atoms with E-state index in [4.69, 9.17) is 0 Å². The highest BCUT2D eigenvalue weighted by Gasteiger charge is 2.20. The first-order valence-corrected chi connectivity index (χ1v) is 6.14. The maximum absolute atomic E-state index is 4.45. The molecule has 4 heteroatoms. The van der Waals surface area contributed by atoms with Crippen LogP contribution in [0.15, 0.2) is 6.20 Å². The molecule has 0 saturated carbocycles. The summed E-state index contributed by atoms with van der Waals surface area (Å²) in [6, 6.07) is 0.617. The zero-order chi connectivity index (χ0) is 10.1. The maximum atomic E-state index is 4.45. The van der Waals surface area contributed by atoms with E-state index < -0.39 is 0 Å². The third kappa shape index (κ3) is 1.95. The molecule has 1 aliphatic rings. The second kappa shape index (κ2) is 4.18. The van der Waals surface area contributed by atoms with Gasteiger partial charge in [-0.15, -0.1) is 0 Å². The summed E-state index contributed by atoms with van der Waals surface area (Å²) < 4.78 is 3.50. The van der Waals surface area contributed by atoms with Crippen LogP contribution in [0.1, 0.15) is 24.4 Å². The topological polar surface area (TPSA) is 21.1 Å². The molecule has 1 aromatic heterocycles. The van der Waals surface area contributed by atoms with Crippen LogP contribution in [0.4, 0.5) is 0 Å². The largest absolute Gasteiger partial charge is 0.306 e. The molecule has 0 spiro atoms. The van der Waals surface area contributed by atoms with Crippen molar-refractivity contribution in [3.8, 4) is 0 Å². The summed E-state index contributed by atoms with van der Waals surface area (Å²) in [6.45, 7) is 4.51. The quantitative estimate of drug-likeness (QED) is 0.741. The summed E-state index contributed by atoms with van der Waals surface area (Å²) in [6.07, 6.45) is 4.43. The summed E-state index contributed by atoms with van der Waals surface area (Å²) in [4.78, 5) is 2.39. The molecule has 2 rings (SSSR count). The number of halogens is 1. The lowest BCUT2D eigenvalue weighted by atomic mass is 10.1. The molecular weight excluding hydrogens is 289 g/mol. The fraction of sp³-hybridized carbons (Fsp3) is 0.700. The van der Waals surface area contributed by atoms with Crippen molar-refractivity contribution in [3.63, 3.8) is 0 Å². The van der Waals surface area contributed by atoms with Gasteiger partial charge >= 0.3 is 0 Å². The van der Waals surface area contributed by atoms with Gasteiger partial charge in [0, 0.05) is 5.56 Å². The molecule has 1 fully saturated rings. The minimum atomic E-state index is 0.617.